The first-order chi connectivity index (χ1) is 15.1. The summed E-state index contributed by atoms with van der Waals surface area (Å²) in [5.41, 5.74) is 4.32. The quantitative estimate of drug-likeness (QED) is 0.388. The molecule has 0 aromatic heterocycles. The molecule has 0 amide bonds. The van der Waals surface area contributed by atoms with Gasteiger partial charge in [0.15, 0.2) is 0 Å². The molecule has 0 saturated heterocycles. The number of ether oxygens (including phenoxy) is 1. The minimum absolute atomic E-state index is 0.173. The number of rotatable bonds is 7. The van der Waals surface area contributed by atoms with E-state index in [0.717, 1.165) is 16.7 Å². The maximum absolute atomic E-state index is 11.4. The number of methoxy groups -OCH3 is 1. The van der Waals surface area contributed by atoms with Crippen LogP contribution >= 0.6 is 0 Å². The molecule has 0 bridgehead atoms. The van der Waals surface area contributed by atoms with Gasteiger partial charge in [-0.15, -0.1) is 0 Å². The fraction of sp³-hybridized carbons (Fsp3) is 0.148. The summed E-state index contributed by atoms with van der Waals surface area (Å²) in [7, 11) is 1.63. The highest BCUT2D eigenvalue weighted by Gasteiger charge is 2.12. The smallest absolute Gasteiger partial charge is 0.335 e. The van der Waals surface area contributed by atoms with Crippen LogP contribution in [0.15, 0.2) is 84.9 Å². The fourth-order valence-corrected chi connectivity index (χ4v) is 3.92. The number of carboxylic acid groups (broad SMARTS) is 1. The molecule has 0 fully saturated rings. The molecule has 1 atom stereocenters. The summed E-state index contributed by atoms with van der Waals surface area (Å²) < 4.78 is 5.53. The van der Waals surface area contributed by atoms with Crippen molar-refractivity contribution >= 4 is 16.7 Å². The first-order valence-corrected chi connectivity index (χ1v) is 10.3. The van der Waals surface area contributed by atoms with Crippen LogP contribution in [0.4, 0.5) is 0 Å². The molecule has 0 spiro atoms. The molecular formula is C27H25NO3. The van der Waals surface area contributed by atoms with Crippen LogP contribution in [0.3, 0.4) is 0 Å². The SMILES string of the molecule is COc1ccc(CN[C@H](C)c2cccc3ccccc23)cc1-c1cccc(C(=O)O)c1. The van der Waals surface area contributed by atoms with Crippen LogP contribution in [-0.2, 0) is 6.54 Å². The van der Waals surface area contributed by atoms with Crippen LogP contribution in [0.1, 0.15) is 34.5 Å². The van der Waals surface area contributed by atoms with Crippen molar-refractivity contribution in [3.63, 3.8) is 0 Å². The number of carboxylic acids is 1. The van der Waals surface area contributed by atoms with Crippen molar-refractivity contribution in [1.82, 2.24) is 5.32 Å². The number of hydrogen-bond donors (Lipinski definition) is 2. The number of fused-ring (bicyclic) bond motifs is 1. The van der Waals surface area contributed by atoms with Gasteiger partial charge in [0.25, 0.3) is 0 Å². The van der Waals surface area contributed by atoms with Crippen molar-refractivity contribution in [3.05, 3.63) is 102 Å². The normalized spacial score (nSPS) is 11.9. The van der Waals surface area contributed by atoms with E-state index >= 15 is 0 Å². The number of nitrogens with one attached hydrogen (secondary N) is 1. The molecule has 156 valence electrons. The lowest BCUT2D eigenvalue weighted by Crippen LogP contribution is -2.18. The van der Waals surface area contributed by atoms with E-state index in [1.165, 1.54) is 16.3 Å². The van der Waals surface area contributed by atoms with E-state index in [4.69, 9.17) is 4.74 Å². The van der Waals surface area contributed by atoms with Gasteiger partial charge < -0.3 is 15.2 Å². The van der Waals surface area contributed by atoms with E-state index in [9.17, 15) is 9.90 Å². The van der Waals surface area contributed by atoms with Gasteiger partial charge in [-0.1, -0.05) is 60.7 Å². The summed E-state index contributed by atoms with van der Waals surface area (Å²) in [6.45, 7) is 2.85. The van der Waals surface area contributed by atoms with Crippen molar-refractivity contribution in [2.75, 3.05) is 7.11 Å². The summed E-state index contributed by atoms with van der Waals surface area (Å²) in [5.74, 6) is -0.226. The maximum atomic E-state index is 11.4. The zero-order valence-corrected chi connectivity index (χ0v) is 17.6. The Kier molecular flexibility index (Phi) is 6.01. The third kappa shape index (κ3) is 4.44. The Morgan fingerprint density at radius 1 is 0.968 bits per heavy atom. The number of benzene rings is 4. The maximum Gasteiger partial charge on any atom is 0.335 e. The second-order valence-corrected chi connectivity index (χ2v) is 7.59. The Morgan fingerprint density at radius 2 is 1.74 bits per heavy atom. The van der Waals surface area contributed by atoms with E-state index in [0.29, 0.717) is 12.3 Å². The molecule has 4 nitrogen and oxygen atoms in total. The molecule has 0 aliphatic heterocycles. The van der Waals surface area contributed by atoms with Crippen LogP contribution in [0.5, 0.6) is 5.75 Å². The number of hydrogen-bond acceptors (Lipinski definition) is 3. The van der Waals surface area contributed by atoms with Crippen molar-refractivity contribution in [1.29, 1.82) is 0 Å². The fourth-order valence-electron chi connectivity index (χ4n) is 3.92. The van der Waals surface area contributed by atoms with Crippen LogP contribution in [0.2, 0.25) is 0 Å². The van der Waals surface area contributed by atoms with E-state index in [2.05, 4.69) is 60.8 Å². The zero-order valence-electron chi connectivity index (χ0n) is 17.6. The van der Waals surface area contributed by atoms with Gasteiger partial charge >= 0.3 is 5.97 Å². The lowest BCUT2D eigenvalue weighted by Gasteiger charge is -2.18. The molecule has 0 aliphatic rings. The molecule has 4 aromatic carbocycles. The predicted molar refractivity (Wildman–Crippen MR) is 125 cm³/mol. The second kappa shape index (κ2) is 9.02. The number of aromatic carboxylic acids is 1. The molecule has 0 unspecified atom stereocenters. The van der Waals surface area contributed by atoms with Crippen LogP contribution in [-0.4, -0.2) is 18.2 Å². The van der Waals surface area contributed by atoms with E-state index in [-0.39, 0.29) is 11.6 Å². The van der Waals surface area contributed by atoms with Gasteiger partial charge in [0.05, 0.1) is 12.7 Å². The molecular weight excluding hydrogens is 386 g/mol. The van der Waals surface area contributed by atoms with Crippen LogP contribution in [0, 0.1) is 0 Å². The van der Waals surface area contributed by atoms with Gasteiger partial charge in [-0.25, -0.2) is 4.79 Å². The van der Waals surface area contributed by atoms with E-state index < -0.39 is 5.97 Å². The summed E-state index contributed by atoms with van der Waals surface area (Å²) in [5, 5.41) is 15.4. The minimum atomic E-state index is -0.942. The van der Waals surface area contributed by atoms with Crippen LogP contribution in [0.25, 0.3) is 21.9 Å². The predicted octanol–water partition coefficient (Wildman–Crippen LogP) is 6.06. The average molecular weight is 412 g/mol. The van der Waals surface area contributed by atoms with Gasteiger partial charge in [0.1, 0.15) is 5.75 Å². The molecule has 0 heterocycles. The molecule has 4 heteroatoms. The molecule has 0 saturated carbocycles. The highest BCUT2D eigenvalue weighted by molar-refractivity contribution is 5.90. The molecule has 4 rings (SSSR count). The Morgan fingerprint density at radius 3 is 2.55 bits per heavy atom. The molecule has 31 heavy (non-hydrogen) atoms. The largest absolute Gasteiger partial charge is 0.496 e. The highest BCUT2D eigenvalue weighted by Crippen LogP contribution is 2.32. The van der Waals surface area contributed by atoms with Crippen molar-refractivity contribution in [3.8, 4) is 16.9 Å². The first kappa shape index (κ1) is 20.6. The van der Waals surface area contributed by atoms with Crippen molar-refractivity contribution < 1.29 is 14.6 Å². The number of carbonyl (C=O) groups is 1. The lowest BCUT2D eigenvalue weighted by atomic mass is 9.98. The monoisotopic (exact) mass is 411 g/mol. The standard InChI is InChI=1S/C27H25NO3/c1-18(23-12-6-8-20-7-3-4-11-24(20)23)28-17-19-13-14-26(31-2)25(15-19)21-9-5-10-22(16-21)27(29)30/h3-16,18,28H,17H2,1-2H3,(H,29,30)/t18-/m1/s1. The Labute approximate surface area is 182 Å². The third-order valence-corrected chi connectivity index (χ3v) is 5.59. The van der Waals surface area contributed by atoms with E-state index in [1.807, 2.05) is 18.2 Å². The molecule has 0 aliphatic carbocycles. The van der Waals surface area contributed by atoms with E-state index in [1.54, 1.807) is 25.3 Å². The summed E-state index contributed by atoms with van der Waals surface area (Å²) in [6, 6.07) is 27.9. The average Bonchev–Trinajstić information content (AvgIpc) is 2.82. The summed E-state index contributed by atoms with van der Waals surface area (Å²) >= 11 is 0. The minimum Gasteiger partial charge on any atom is -0.496 e. The Bertz CT molecular complexity index is 1230. The van der Waals surface area contributed by atoms with Gasteiger partial charge in [0, 0.05) is 18.2 Å². The molecule has 4 aromatic rings. The molecule has 0 radical (unpaired) electrons. The zero-order chi connectivity index (χ0) is 21.8. The lowest BCUT2D eigenvalue weighted by molar-refractivity contribution is 0.0697. The van der Waals surface area contributed by atoms with Gasteiger partial charge in [0.2, 0.25) is 0 Å². The van der Waals surface area contributed by atoms with Gasteiger partial charge in [-0.3, -0.25) is 0 Å². The second-order valence-electron chi connectivity index (χ2n) is 7.59. The first-order valence-electron chi connectivity index (χ1n) is 10.3. The van der Waals surface area contributed by atoms with Gasteiger partial charge in [-0.2, -0.15) is 0 Å². The third-order valence-electron chi connectivity index (χ3n) is 5.59. The van der Waals surface area contributed by atoms with Crippen LogP contribution < -0.4 is 10.1 Å². The Hall–Kier alpha value is -3.63. The highest BCUT2D eigenvalue weighted by atomic mass is 16.5. The van der Waals surface area contributed by atoms with Gasteiger partial charge in [-0.05, 0) is 58.7 Å². The topological polar surface area (TPSA) is 58.6 Å². The van der Waals surface area contributed by atoms with Crippen molar-refractivity contribution in [2.24, 2.45) is 0 Å². The van der Waals surface area contributed by atoms with Crippen molar-refractivity contribution in [2.45, 2.75) is 19.5 Å². The summed E-state index contributed by atoms with van der Waals surface area (Å²) in [6.07, 6.45) is 0. The molecule has 2 N–H and O–H groups in total. The Balaban J connectivity index is 1.59. The summed E-state index contributed by atoms with van der Waals surface area (Å²) in [4.78, 5) is 11.4.